The second-order valence-electron chi connectivity index (χ2n) is 4.81. The van der Waals surface area contributed by atoms with Crippen LogP contribution in [0.4, 0.5) is 0 Å². The molecule has 0 N–H and O–H groups in total. The van der Waals surface area contributed by atoms with Gasteiger partial charge in [0.15, 0.2) is 0 Å². The lowest BCUT2D eigenvalue weighted by molar-refractivity contribution is -0.119. The van der Waals surface area contributed by atoms with E-state index in [1.165, 1.54) is 19.3 Å². The summed E-state index contributed by atoms with van der Waals surface area (Å²) in [6.07, 6.45) is 6.64. The topological polar surface area (TPSA) is 20.3 Å². The fraction of sp³-hybridized carbons (Fsp3) is 0.923. The van der Waals surface area contributed by atoms with E-state index in [0.717, 1.165) is 12.8 Å². The van der Waals surface area contributed by atoms with Crippen LogP contribution in [-0.4, -0.2) is 30.3 Å². The number of hydrogen-bond donors (Lipinski definition) is 0. The number of Topliss-reactive ketones (excluding diaryl/α,β-unsaturated/α-hetero) is 1. The van der Waals surface area contributed by atoms with Gasteiger partial charge in [0, 0.05) is 12.0 Å². The van der Waals surface area contributed by atoms with Crippen LogP contribution in [0.3, 0.4) is 0 Å². The first-order valence-electron chi connectivity index (χ1n) is 6.15. The molecule has 0 radical (unpaired) electrons. The monoisotopic (exact) mass is 213 g/mol. The maximum atomic E-state index is 11.3. The fourth-order valence-corrected chi connectivity index (χ4v) is 2.26. The molecule has 0 amide bonds. The van der Waals surface area contributed by atoms with E-state index in [1.807, 2.05) is 0 Å². The molecule has 0 spiro atoms. The molecule has 1 atom stereocenters. The number of rotatable bonds is 8. The number of carbonyl (C=O) groups excluding carboxylic acids is 1. The predicted octanol–water partition coefficient (Wildman–Crippen LogP) is 3.26. The minimum absolute atomic E-state index is 0.0982. The smallest absolute Gasteiger partial charge is 0.131 e. The molecule has 0 aromatic rings. The van der Waals surface area contributed by atoms with Crippen LogP contribution in [0.25, 0.3) is 0 Å². The van der Waals surface area contributed by atoms with E-state index >= 15 is 0 Å². The van der Waals surface area contributed by atoms with Crippen LogP contribution in [0, 0.1) is 0 Å². The third-order valence-corrected chi connectivity index (χ3v) is 3.43. The third kappa shape index (κ3) is 4.78. The molecule has 0 aliphatic rings. The zero-order valence-corrected chi connectivity index (χ0v) is 11.1. The zero-order valence-electron chi connectivity index (χ0n) is 11.1. The molecule has 2 nitrogen and oxygen atoms in total. The summed E-state index contributed by atoms with van der Waals surface area (Å²) in [7, 11) is 4.19. The Kier molecular flexibility index (Phi) is 6.82. The van der Waals surface area contributed by atoms with Crippen molar-refractivity contribution < 1.29 is 4.79 Å². The van der Waals surface area contributed by atoms with E-state index in [2.05, 4.69) is 32.8 Å². The van der Waals surface area contributed by atoms with Gasteiger partial charge >= 0.3 is 0 Å². The van der Waals surface area contributed by atoms with Gasteiger partial charge in [0.25, 0.3) is 0 Å². The Balaban J connectivity index is 4.43. The van der Waals surface area contributed by atoms with Crippen LogP contribution >= 0.6 is 0 Å². The van der Waals surface area contributed by atoms with Crippen molar-refractivity contribution in [2.75, 3.05) is 14.1 Å². The number of hydrogen-bond acceptors (Lipinski definition) is 2. The van der Waals surface area contributed by atoms with Crippen LogP contribution in [0.1, 0.15) is 59.3 Å². The van der Waals surface area contributed by atoms with Crippen LogP contribution in [0.5, 0.6) is 0 Å². The molecule has 0 aromatic carbocycles. The lowest BCUT2D eigenvalue weighted by Crippen LogP contribution is -2.45. The Hall–Kier alpha value is -0.370. The average molecular weight is 213 g/mol. The molecular formula is C13H27NO. The highest BCUT2D eigenvalue weighted by molar-refractivity contribution is 5.76. The summed E-state index contributed by atoms with van der Waals surface area (Å²) in [6.45, 7) is 6.11. The van der Waals surface area contributed by atoms with Crippen LogP contribution in [-0.2, 0) is 4.79 Å². The van der Waals surface area contributed by atoms with E-state index in [1.54, 1.807) is 6.92 Å². The largest absolute Gasteiger partial charge is 0.303 e. The lowest BCUT2D eigenvalue weighted by Gasteiger charge is -2.39. The van der Waals surface area contributed by atoms with E-state index in [0.29, 0.717) is 12.2 Å². The maximum Gasteiger partial charge on any atom is 0.131 e. The van der Waals surface area contributed by atoms with Crippen molar-refractivity contribution in [1.82, 2.24) is 4.90 Å². The summed E-state index contributed by atoms with van der Waals surface area (Å²) in [6, 6.07) is 0. The van der Waals surface area contributed by atoms with E-state index in [4.69, 9.17) is 0 Å². The molecule has 0 bridgehead atoms. The van der Waals surface area contributed by atoms with Crippen molar-refractivity contribution in [3.8, 4) is 0 Å². The van der Waals surface area contributed by atoms with Gasteiger partial charge in [-0.25, -0.2) is 0 Å². The standard InChI is InChI=1S/C13H27NO/c1-6-8-9-10-13(7-2,14(4)5)11-12(3)15/h6-11H2,1-5H3. The highest BCUT2D eigenvalue weighted by Gasteiger charge is 2.31. The van der Waals surface area contributed by atoms with Gasteiger partial charge in [-0.3, -0.25) is 4.79 Å². The van der Waals surface area contributed by atoms with Gasteiger partial charge in [-0.05, 0) is 33.9 Å². The molecule has 0 aliphatic carbocycles. The Morgan fingerprint density at radius 1 is 1.20 bits per heavy atom. The summed E-state index contributed by atoms with van der Waals surface area (Å²) in [4.78, 5) is 13.6. The molecule has 0 aromatic heterocycles. The minimum Gasteiger partial charge on any atom is -0.303 e. The molecule has 15 heavy (non-hydrogen) atoms. The highest BCUT2D eigenvalue weighted by Crippen LogP contribution is 2.28. The quantitative estimate of drug-likeness (QED) is 0.577. The number of unbranched alkanes of at least 4 members (excludes halogenated alkanes) is 2. The van der Waals surface area contributed by atoms with Crippen molar-refractivity contribution >= 4 is 5.78 Å². The Bertz CT molecular complexity index is 189. The number of ketones is 1. The van der Waals surface area contributed by atoms with Crippen molar-refractivity contribution in [2.45, 2.75) is 64.8 Å². The molecule has 0 aliphatic heterocycles. The summed E-state index contributed by atoms with van der Waals surface area (Å²) >= 11 is 0. The first-order chi connectivity index (χ1) is 6.98. The summed E-state index contributed by atoms with van der Waals surface area (Å²) < 4.78 is 0. The van der Waals surface area contributed by atoms with Gasteiger partial charge in [0.2, 0.25) is 0 Å². The second kappa shape index (κ2) is 7.00. The second-order valence-corrected chi connectivity index (χ2v) is 4.81. The van der Waals surface area contributed by atoms with Gasteiger partial charge in [0.1, 0.15) is 5.78 Å². The Labute approximate surface area is 95.0 Å². The predicted molar refractivity (Wildman–Crippen MR) is 66.1 cm³/mol. The SMILES string of the molecule is CCCCCC(CC)(CC(C)=O)N(C)C. The molecular weight excluding hydrogens is 186 g/mol. The maximum absolute atomic E-state index is 11.3. The van der Waals surface area contributed by atoms with Gasteiger partial charge in [-0.2, -0.15) is 0 Å². The summed E-state index contributed by atoms with van der Waals surface area (Å²) in [5.41, 5.74) is 0.0982. The van der Waals surface area contributed by atoms with Gasteiger partial charge in [-0.15, -0.1) is 0 Å². The van der Waals surface area contributed by atoms with Crippen molar-refractivity contribution in [2.24, 2.45) is 0 Å². The molecule has 0 heterocycles. The fourth-order valence-electron chi connectivity index (χ4n) is 2.26. The summed E-state index contributed by atoms with van der Waals surface area (Å²) in [5.74, 6) is 0.307. The molecule has 0 saturated heterocycles. The molecule has 1 unspecified atom stereocenters. The summed E-state index contributed by atoms with van der Waals surface area (Å²) in [5, 5.41) is 0. The third-order valence-electron chi connectivity index (χ3n) is 3.43. The molecule has 0 fully saturated rings. The van der Waals surface area contributed by atoms with E-state index < -0.39 is 0 Å². The van der Waals surface area contributed by atoms with Crippen molar-refractivity contribution in [3.05, 3.63) is 0 Å². The van der Waals surface area contributed by atoms with Gasteiger partial charge in [-0.1, -0.05) is 33.1 Å². The average Bonchev–Trinajstić information content (AvgIpc) is 2.15. The minimum atomic E-state index is 0.0982. The number of nitrogens with zero attached hydrogens (tertiary/aromatic N) is 1. The first kappa shape index (κ1) is 14.6. The molecule has 90 valence electrons. The van der Waals surface area contributed by atoms with E-state index in [9.17, 15) is 4.79 Å². The molecule has 2 heteroatoms. The number of carbonyl (C=O) groups is 1. The molecule has 0 saturated carbocycles. The first-order valence-corrected chi connectivity index (χ1v) is 6.15. The van der Waals surface area contributed by atoms with Crippen LogP contribution in [0.2, 0.25) is 0 Å². The molecule has 0 rings (SSSR count). The zero-order chi connectivity index (χ0) is 11.9. The van der Waals surface area contributed by atoms with Gasteiger partial charge in [0.05, 0.1) is 0 Å². The highest BCUT2D eigenvalue weighted by atomic mass is 16.1. The van der Waals surface area contributed by atoms with Crippen molar-refractivity contribution in [3.63, 3.8) is 0 Å². The van der Waals surface area contributed by atoms with Crippen LogP contribution in [0.15, 0.2) is 0 Å². The van der Waals surface area contributed by atoms with Gasteiger partial charge < -0.3 is 4.90 Å². The van der Waals surface area contributed by atoms with Crippen LogP contribution < -0.4 is 0 Å². The lowest BCUT2D eigenvalue weighted by atomic mass is 9.83. The Morgan fingerprint density at radius 2 is 1.80 bits per heavy atom. The van der Waals surface area contributed by atoms with Crippen molar-refractivity contribution in [1.29, 1.82) is 0 Å². The van der Waals surface area contributed by atoms with E-state index in [-0.39, 0.29) is 5.54 Å². The normalized spacial score (nSPS) is 15.3. The Morgan fingerprint density at radius 3 is 2.13 bits per heavy atom.